The Morgan fingerprint density at radius 2 is 1.94 bits per heavy atom. The molecule has 0 atom stereocenters. The van der Waals surface area contributed by atoms with Gasteiger partial charge < -0.3 is 5.32 Å². The number of piperidine rings is 1. The van der Waals surface area contributed by atoms with Crippen molar-refractivity contribution in [2.45, 2.75) is 24.9 Å². The molecule has 0 bridgehead atoms. The fraction of sp³-hybridized carbons (Fsp3) is 0.545. The first-order valence-electron chi connectivity index (χ1n) is 5.42. The van der Waals surface area contributed by atoms with E-state index in [1.807, 2.05) is 0 Å². The van der Waals surface area contributed by atoms with Gasteiger partial charge in [0, 0.05) is 6.20 Å². The molecule has 6 heteroatoms. The van der Waals surface area contributed by atoms with Crippen LogP contribution in [0.25, 0.3) is 0 Å². The lowest BCUT2D eigenvalue weighted by Gasteiger charge is -2.24. The number of nitrogens with zero attached hydrogens (tertiary/aromatic N) is 1. The van der Waals surface area contributed by atoms with Crippen molar-refractivity contribution in [1.82, 2.24) is 10.3 Å². The summed E-state index contributed by atoms with van der Waals surface area (Å²) in [5.41, 5.74) is -0.411. The molecular weight excluding hydrogens is 253 g/mol. The number of nitrogens with one attached hydrogen (secondary N) is 1. The lowest BCUT2D eigenvalue weighted by molar-refractivity contribution is -0.141. The third-order valence-corrected chi connectivity index (χ3v) is 3.36. The Morgan fingerprint density at radius 3 is 2.53 bits per heavy atom. The first-order chi connectivity index (χ1) is 8.00. The monoisotopic (exact) mass is 264 g/mol. The van der Waals surface area contributed by atoms with E-state index in [9.17, 15) is 13.2 Å². The highest BCUT2D eigenvalue weighted by atomic mass is 35.5. The quantitative estimate of drug-likeness (QED) is 0.842. The molecule has 1 fully saturated rings. The molecule has 1 aromatic heterocycles. The molecule has 17 heavy (non-hydrogen) atoms. The predicted molar refractivity (Wildman–Crippen MR) is 59.1 cm³/mol. The van der Waals surface area contributed by atoms with Crippen LogP contribution in [0, 0.1) is 0 Å². The third-order valence-electron chi connectivity index (χ3n) is 2.97. The number of hydrogen-bond donors (Lipinski definition) is 1. The van der Waals surface area contributed by atoms with Crippen LogP contribution in [0.1, 0.15) is 30.0 Å². The minimum absolute atomic E-state index is 0.0906. The molecule has 1 saturated heterocycles. The van der Waals surface area contributed by atoms with Crippen LogP contribution in [0.5, 0.6) is 0 Å². The van der Waals surface area contributed by atoms with Crippen LogP contribution >= 0.6 is 11.6 Å². The lowest BCUT2D eigenvalue weighted by atomic mass is 9.90. The molecule has 1 aliphatic rings. The van der Waals surface area contributed by atoms with Gasteiger partial charge in [0.2, 0.25) is 0 Å². The Morgan fingerprint density at radius 1 is 1.29 bits per heavy atom. The van der Waals surface area contributed by atoms with E-state index in [4.69, 9.17) is 11.6 Å². The first kappa shape index (κ1) is 12.6. The van der Waals surface area contributed by atoms with Gasteiger partial charge in [-0.25, -0.2) is 0 Å². The van der Waals surface area contributed by atoms with Gasteiger partial charge in [0.05, 0.1) is 5.02 Å². The second-order valence-corrected chi connectivity index (χ2v) is 4.46. The smallest absolute Gasteiger partial charge is 0.317 e. The summed E-state index contributed by atoms with van der Waals surface area (Å²) < 4.78 is 37.9. The Balaban J connectivity index is 2.35. The molecule has 0 unspecified atom stereocenters. The van der Waals surface area contributed by atoms with Crippen molar-refractivity contribution in [3.63, 3.8) is 0 Å². The summed E-state index contributed by atoms with van der Waals surface area (Å²) in [5.74, 6) is 0.0906. The Bertz CT molecular complexity index is 400. The minimum atomic E-state index is -4.49. The van der Waals surface area contributed by atoms with Gasteiger partial charge in [-0.2, -0.15) is 13.2 Å². The Kier molecular flexibility index (Phi) is 3.58. The standard InChI is InChI=1S/C11H12ClF3N2/c12-9-8(7-1-4-16-5-2-7)3-6-17-10(9)11(13,14)15/h3,6-7,16H,1-2,4-5H2. The van der Waals surface area contributed by atoms with E-state index in [0.29, 0.717) is 5.56 Å². The molecule has 0 radical (unpaired) electrons. The second-order valence-electron chi connectivity index (χ2n) is 4.08. The van der Waals surface area contributed by atoms with Crippen molar-refractivity contribution < 1.29 is 13.2 Å². The maximum Gasteiger partial charge on any atom is 0.434 e. The van der Waals surface area contributed by atoms with Crippen molar-refractivity contribution in [3.8, 4) is 0 Å². The van der Waals surface area contributed by atoms with E-state index in [1.165, 1.54) is 6.20 Å². The van der Waals surface area contributed by atoms with Crippen molar-refractivity contribution in [2.75, 3.05) is 13.1 Å². The Hall–Kier alpha value is -0.810. The molecule has 1 N–H and O–H groups in total. The van der Waals surface area contributed by atoms with E-state index < -0.39 is 11.9 Å². The number of halogens is 4. The molecule has 0 saturated carbocycles. The van der Waals surface area contributed by atoms with Crippen LogP contribution in [-0.2, 0) is 6.18 Å². The summed E-state index contributed by atoms with van der Waals surface area (Å²) in [6, 6.07) is 1.59. The van der Waals surface area contributed by atoms with E-state index in [-0.39, 0.29) is 10.9 Å². The Labute approximate surface area is 102 Å². The summed E-state index contributed by atoms with van der Waals surface area (Å²) in [5, 5.41) is 2.92. The predicted octanol–water partition coefficient (Wildman–Crippen LogP) is 3.22. The number of hydrogen-bond acceptors (Lipinski definition) is 2. The zero-order valence-electron chi connectivity index (χ0n) is 9.02. The molecule has 0 amide bonds. The van der Waals surface area contributed by atoms with Crippen LogP contribution in [0.3, 0.4) is 0 Å². The van der Waals surface area contributed by atoms with Crippen LogP contribution < -0.4 is 5.32 Å². The van der Waals surface area contributed by atoms with Crippen LogP contribution in [0.4, 0.5) is 13.2 Å². The maximum atomic E-state index is 12.6. The average molecular weight is 265 g/mol. The highest BCUT2D eigenvalue weighted by Crippen LogP contribution is 2.38. The molecule has 2 heterocycles. The van der Waals surface area contributed by atoms with Gasteiger partial charge >= 0.3 is 6.18 Å². The molecule has 0 spiro atoms. The van der Waals surface area contributed by atoms with Gasteiger partial charge in [-0.15, -0.1) is 0 Å². The molecule has 1 aliphatic heterocycles. The topological polar surface area (TPSA) is 24.9 Å². The highest BCUT2D eigenvalue weighted by molar-refractivity contribution is 6.32. The molecule has 0 aliphatic carbocycles. The van der Waals surface area contributed by atoms with Gasteiger partial charge in [0.25, 0.3) is 0 Å². The zero-order chi connectivity index (χ0) is 12.5. The van der Waals surface area contributed by atoms with Gasteiger partial charge in [0.15, 0.2) is 5.69 Å². The molecule has 0 aromatic carbocycles. The average Bonchev–Trinajstić information content (AvgIpc) is 2.29. The summed E-state index contributed by atoms with van der Waals surface area (Å²) in [6.07, 6.45) is -1.69. The van der Waals surface area contributed by atoms with Gasteiger partial charge in [-0.05, 0) is 43.5 Å². The second kappa shape index (κ2) is 4.82. The van der Waals surface area contributed by atoms with Crippen LogP contribution in [-0.4, -0.2) is 18.1 Å². The van der Waals surface area contributed by atoms with E-state index in [1.54, 1.807) is 6.07 Å². The summed E-state index contributed by atoms with van der Waals surface area (Å²) >= 11 is 5.82. The fourth-order valence-corrected chi connectivity index (χ4v) is 2.48. The maximum absolute atomic E-state index is 12.6. The highest BCUT2D eigenvalue weighted by Gasteiger charge is 2.36. The number of pyridine rings is 1. The first-order valence-corrected chi connectivity index (χ1v) is 5.80. The van der Waals surface area contributed by atoms with Gasteiger partial charge in [-0.1, -0.05) is 11.6 Å². The molecule has 2 nitrogen and oxygen atoms in total. The number of alkyl halides is 3. The lowest BCUT2D eigenvalue weighted by Crippen LogP contribution is -2.27. The van der Waals surface area contributed by atoms with Gasteiger partial charge in [0.1, 0.15) is 0 Å². The largest absolute Gasteiger partial charge is 0.434 e. The summed E-state index contributed by atoms with van der Waals surface area (Å²) in [6.45, 7) is 1.62. The third kappa shape index (κ3) is 2.72. The molecule has 94 valence electrons. The summed E-state index contributed by atoms with van der Waals surface area (Å²) in [4.78, 5) is 3.33. The van der Waals surface area contributed by atoms with Crippen molar-refractivity contribution in [2.24, 2.45) is 0 Å². The molecular formula is C11H12ClF3N2. The van der Waals surface area contributed by atoms with Crippen molar-refractivity contribution in [1.29, 1.82) is 0 Å². The minimum Gasteiger partial charge on any atom is -0.317 e. The number of aromatic nitrogens is 1. The normalized spacial score (nSPS) is 18.4. The van der Waals surface area contributed by atoms with Crippen LogP contribution in [0.15, 0.2) is 12.3 Å². The fourth-order valence-electron chi connectivity index (χ4n) is 2.10. The van der Waals surface area contributed by atoms with Gasteiger partial charge in [-0.3, -0.25) is 4.98 Å². The van der Waals surface area contributed by atoms with Crippen molar-refractivity contribution >= 4 is 11.6 Å². The van der Waals surface area contributed by atoms with E-state index in [0.717, 1.165) is 25.9 Å². The summed E-state index contributed by atoms with van der Waals surface area (Å²) in [7, 11) is 0. The van der Waals surface area contributed by atoms with Crippen LogP contribution in [0.2, 0.25) is 5.02 Å². The van der Waals surface area contributed by atoms with Crippen molar-refractivity contribution in [3.05, 3.63) is 28.5 Å². The zero-order valence-corrected chi connectivity index (χ0v) is 9.78. The molecule has 2 rings (SSSR count). The van der Waals surface area contributed by atoms with E-state index in [2.05, 4.69) is 10.3 Å². The SMILES string of the molecule is FC(F)(F)c1nccc(C2CCNCC2)c1Cl. The molecule has 1 aromatic rings. The van der Waals surface area contributed by atoms with E-state index >= 15 is 0 Å². The number of rotatable bonds is 1.